The molecule has 0 aromatic heterocycles. The second kappa shape index (κ2) is 11.4. The molecule has 32 heavy (non-hydrogen) atoms. The molecule has 0 spiro atoms. The number of rotatable bonds is 8. The fraction of sp³-hybridized carbons (Fsp3) is 0.609. The summed E-state index contributed by atoms with van der Waals surface area (Å²) in [6, 6.07) is 3.02. The molecule has 1 saturated carbocycles. The third-order valence-corrected chi connectivity index (χ3v) is 6.53. The van der Waals surface area contributed by atoms with Gasteiger partial charge in [-0.1, -0.05) is 43.7 Å². The summed E-state index contributed by atoms with van der Waals surface area (Å²) < 4.78 is 10.6. The first-order valence-corrected chi connectivity index (χ1v) is 11.6. The van der Waals surface area contributed by atoms with E-state index in [0.717, 1.165) is 6.42 Å². The molecule has 1 aliphatic heterocycles. The number of carbonyl (C=O) groups is 3. The average Bonchev–Trinajstić information content (AvgIpc) is 2.81. The van der Waals surface area contributed by atoms with Crippen LogP contribution >= 0.6 is 11.6 Å². The number of hydrogen-bond acceptors (Lipinski definition) is 5. The molecule has 1 saturated heterocycles. The minimum Gasteiger partial charge on any atom is -0.493 e. The van der Waals surface area contributed by atoms with Crippen LogP contribution in [-0.2, 0) is 9.59 Å². The van der Waals surface area contributed by atoms with E-state index in [1.54, 1.807) is 4.90 Å². The second-order valence-corrected chi connectivity index (χ2v) is 8.87. The van der Waals surface area contributed by atoms with Gasteiger partial charge in [-0.2, -0.15) is 0 Å². The minimum atomic E-state index is -0.644. The van der Waals surface area contributed by atoms with Gasteiger partial charge in [-0.15, -0.1) is 0 Å². The molecule has 3 amide bonds. The predicted molar refractivity (Wildman–Crippen MR) is 121 cm³/mol. The molecule has 1 aliphatic carbocycles. The average molecular weight is 466 g/mol. The lowest BCUT2D eigenvalue weighted by atomic mass is 9.86. The number of ether oxygens (including phenoxy) is 2. The van der Waals surface area contributed by atoms with E-state index >= 15 is 0 Å². The smallest absolute Gasteiger partial charge is 0.255 e. The Bertz CT molecular complexity index is 833. The number of nitrogens with zero attached hydrogens (tertiary/aromatic N) is 2. The molecule has 1 heterocycles. The molecule has 8 nitrogen and oxygen atoms in total. The maximum atomic E-state index is 13.0. The lowest BCUT2D eigenvalue weighted by Gasteiger charge is -2.35. The van der Waals surface area contributed by atoms with Gasteiger partial charge in [0.2, 0.25) is 5.91 Å². The topological polar surface area (TPSA) is 102 Å². The van der Waals surface area contributed by atoms with Crippen molar-refractivity contribution in [2.45, 2.75) is 44.9 Å². The molecule has 0 bridgehead atoms. The van der Waals surface area contributed by atoms with Gasteiger partial charge in [0.25, 0.3) is 11.8 Å². The number of piperazine rings is 1. The molecule has 9 heteroatoms. The Morgan fingerprint density at radius 3 is 2.34 bits per heavy atom. The summed E-state index contributed by atoms with van der Waals surface area (Å²) in [5.74, 6) is 0.445. The van der Waals surface area contributed by atoms with E-state index < -0.39 is 5.91 Å². The van der Waals surface area contributed by atoms with Crippen LogP contribution in [0.1, 0.15) is 55.3 Å². The number of carbonyl (C=O) groups excluding carboxylic acids is 3. The highest BCUT2D eigenvalue weighted by molar-refractivity contribution is 6.32. The molecule has 176 valence electrons. The zero-order chi connectivity index (χ0) is 23.1. The van der Waals surface area contributed by atoms with E-state index in [2.05, 4.69) is 0 Å². The number of hydrogen-bond donors (Lipinski definition) is 1. The first-order chi connectivity index (χ1) is 15.4. The van der Waals surface area contributed by atoms with E-state index in [0.29, 0.717) is 44.1 Å². The van der Waals surface area contributed by atoms with Crippen LogP contribution < -0.4 is 15.2 Å². The SMILES string of the molecule is COc1cc(C(=O)N2CCN(C(=O)CCC3CCCCC3)CC2)cc(Cl)c1OCC(N)=O. The van der Waals surface area contributed by atoms with Crippen LogP contribution in [0.2, 0.25) is 5.02 Å². The zero-order valence-corrected chi connectivity index (χ0v) is 19.4. The van der Waals surface area contributed by atoms with Crippen LogP contribution in [-0.4, -0.2) is 67.4 Å². The first-order valence-electron chi connectivity index (χ1n) is 11.2. The summed E-state index contributed by atoms with van der Waals surface area (Å²) in [4.78, 5) is 40.2. The number of methoxy groups -OCH3 is 1. The third-order valence-electron chi connectivity index (χ3n) is 6.25. The van der Waals surface area contributed by atoms with Crippen LogP contribution in [0.3, 0.4) is 0 Å². The molecular formula is C23H32ClN3O5. The molecule has 0 atom stereocenters. The quantitative estimate of drug-likeness (QED) is 0.636. The van der Waals surface area contributed by atoms with Crippen LogP contribution in [0.4, 0.5) is 0 Å². The van der Waals surface area contributed by atoms with Gasteiger partial charge in [-0.3, -0.25) is 14.4 Å². The van der Waals surface area contributed by atoms with Crippen molar-refractivity contribution in [1.29, 1.82) is 0 Å². The Morgan fingerprint density at radius 1 is 1.06 bits per heavy atom. The Labute approximate surface area is 193 Å². The monoisotopic (exact) mass is 465 g/mol. The van der Waals surface area contributed by atoms with Gasteiger partial charge >= 0.3 is 0 Å². The van der Waals surface area contributed by atoms with Crippen molar-refractivity contribution < 1.29 is 23.9 Å². The molecular weight excluding hydrogens is 434 g/mol. The van der Waals surface area contributed by atoms with Gasteiger partial charge in [0, 0.05) is 38.2 Å². The second-order valence-electron chi connectivity index (χ2n) is 8.46. The van der Waals surface area contributed by atoms with E-state index in [1.165, 1.54) is 51.3 Å². The first kappa shape index (κ1) is 24.2. The highest BCUT2D eigenvalue weighted by Crippen LogP contribution is 2.37. The Kier molecular flexibility index (Phi) is 8.61. The van der Waals surface area contributed by atoms with Crippen molar-refractivity contribution in [3.8, 4) is 11.5 Å². The lowest BCUT2D eigenvalue weighted by molar-refractivity contribution is -0.133. The van der Waals surface area contributed by atoms with Gasteiger partial charge in [0.05, 0.1) is 12.1 Å². The molecule has 0 radical (unpaired) electrons. The standard InChI is InChI=1S/C23H32ClN3O5/c1-31-19-14-17(13-18(24)22(19)32-15-20(25)28)23(30)27-11-9-26(10-12-27)21(29)8-7-16-5-3-2-4-6-16/h13-14,16H,2-12,15H2,1H3,(H2,25,28). The largest absolute Gasteiger partial charge is 0.493 e. The van der Waals surface area contributed by atoms with E-state index in [-0.39, 0.29) is 34.9 Å². The van der Waals surface area contributed by atoms with E-state index in [1.807, 2.05) is 4.90 Å². The summed E-state index contributed by atoms with van der Waals surface area (Å²) in [5.41, 5.74) is 5.47. The summed E-state index contributed by atoms with van der Waals surface area (Å²) in [6.07, 6.45) is 7.94. The minimum absolute atomic E-state index is 0.158. The fourth-order valence-electron chi connectivity index (χ4n) is 4.43. The maximum absolute atomic E-state index is 13.0. The summed E-state index contributed by atoms with van der Waals surface area (Å²) in [5, 5.41) is 0.158. The lowest BCUT2D eigenvalue weighted by Crippen LogP contribution is -2.50. The molecule has 0 unspecified atom stereocenters. The van der Waals surface area contributed by atoms with Gasteiger partial charge in [-0.05, 0) is 24.5 Å². The van der Waals surface area contributed by atoms with Gasteiger partial charge in [-0.25, -0.2) is 0 Å². The van der Waals surface area contributed by atoms with Gasteiger partial charge < -0.3 is 25.0 Å². The summed E-state index contributed by atoms with van der Waals surface area (Å²) >= 11 is 6.26. The van der Waals surface area contributed by atoms with Crippen LogP contribution in [0.15, 0.2) is 12.1 Å². The van der Waals surface area contributed by atoms with Crippen molar-refractivity contribution in [3.05, 3.63) is 22.7 Å². The van der Waals surface area contributed by atoms with Crippen molar-refractivity contribution in [3.63, 3.8) is 0 Å². The molecule has 3 rings (SSSR count). The molecule has 2 N–H and O–H groups in total. The molecule has 2 fully saturated rings. The van der Waals surface area contributed by atoms with Crippen LogP contribution in [0.25, 0.3) is 0 Å². The van der Waals surface area contributed by atoms with E-state index in [9.17, 15) is 14.4 Å². The van der Waals surface area contributed by atoms with Crippen molar-refractivity contribution in [1.82, 2.24) is 9.80 Å². The number of primary amides is 1. The molecule has 1 aromatic carbocycles. The third kappa shape index (κ3) is 6.28. The Hall–Kier alpha value is -2.48. The van der Waals surface area contributed by atoms with Crippen LogP contribution in [0.5, 0.6) is 11.5 Å². The molecule has 2 aliphatic rings. The predicted octanol–water partition coefficient (Wildman–Crippen LogP) is 2.86. The van der Waals surface area contributed by atoms with E-state index in [4.69, 9.17) is 26.8 Å². The number of halogens is 1. The fourth-order valence-corrected chi connectivity index (χ4v) is 4.69. The number of nitrogens with two attached hydrogens (primary N) is 1. The van der Waals surface area contributed by atoms with Gasteiger partial charge in [0.1, 0.15) is 0 Å². The normalized spacial score (nSPS) is 17.2. The highest BCUT2D eigenvalue weighted by atomic mass is 35.5. The number of benzene rings is 1. The summed E-state index contributed by atoms with van der Waals surface area (Å²) in [6.45, 7) is 1.64. The highest BCUT2D eigenvalue weighted by Gasteiger charge is 2.27. The van der Waals surface area contributed by atoms with Gasteiger partial charge in [0.15, 0.2) is 18.1 Å². The Morgan fingerprint density at radius 2 is 1.72 bits per heavy atom. The zero-order valence-electron chi connectivity index (χ0n) is 18.6. The maximum Gasteiger partial charge on any atom is 0.255 e. The summed E-state index contributed by atoms with van der Waals surface area (Å²) in [7, 11) is 1.43. The van der Waals surface area contributed by atoms with Crippen LogP contribution in [0, 0.1) is 5.92 Å². The van der Waals surface area contributed by atoms with Crippen molar-refractivity contribution >= 4 is 29.3 Å². The number of amides is 3. The Balaban J connectivity index is 1.54. The van der Waals surface area contributed by atoms with Crippen molar-refractivity contribution in [2.75, 3.05) is 39.9 Å². The van der Waals surface area contributed by atoms with Crippen molar-refractivity contribution in [2.24, 2.45) is 11.7 Å². The molecule has 1 aromatic rings.